The summed E-state index contributed by atoms with van der Waals surface area (Å²) in [6.45, 7) is 21.7. The highest BCUT2D eigenvalue weighted by atomic mass is 28.4. The second kappa shape index (κ2) is 14.0. The molecule has 0 unspecified atom stereocenters. The summed E-state index contributed by atoms with van der Waals surface area (Å²) >= 11 is 0. The average Bonchev–Trinajstić information content (AvgIpc) is 3.12. The molecule has 0 radical (unpaired) electrons. The lowest BCUT2D eigenvalue weighted by Gasteiger charge is -2.68. The zero-order chi connectivity index (χ0) is 40.7. The number of hydrogen-bond acceptors (Lipinski definition) is 9. The van der Waals surface area contributed by atoms with E-state index in [-0.39, 0.29) is 29.9 Å². The topological polar surface area (TPSA) is 152 Å². The minimum Gasteiger partial charge on any atom is -0.456 e. The van der Waals surface area contributed by atoms with Crippen LogP contribution in [0.3, 0.4) is 0 Å². The molecule has 2 aromatic rings. The van der Waals surface area contributed by atoms with E-state index in [0.717, 1.165) is 0 Å². The molecule has 1 saturated heterocycles. The maximum atomic E-state index is 15.0. The number of aliphatic hydroxyl groups is 3. The summed E-state index contributed by atoms with van der Waals surface area (Å²) in [7, 11) is -2.73. The fraction of sp³-hybridized carbons (Fsp3) is 0.614. The molecule has 6 rings (SSSR count). The number of nitrogens with one attached hydrogen (secondary N) is 1. The van der Waals surface area contributed by atoms with Gasteiger partial charge in [-0.2, -0.15) is 0 Å². The van der Waals surface area contributed by atoms with Gasteiger partial charge in [-0.3, -0.25) is 9.59 Å². The first-order chi connectivity index (χ1) is 25.4. The number of amides is 1. The summed E-state index contributed by atoms with van der Waals surface area (Å²) in [5, 5.41) is 39.7. The number of benzene rings is 2. The Labute approximate surface area is 327 Å². The molecule has 11 atom stereocenters. The number of aliphatic hydroxyl groups excluding tert-OH is 2. The largest absolute Gasteiger partial charge is 0.456 e. The number of carbonyl (C=O) groups excluding carboxylic acids is 3. The number of Topliss-reactive ketones (excluding diaryl/α,β-unsaturated/α-hetero) is 1. The van der Waals surface area contributed by atoms with Crippen LogP contribution in [0.15, 0.2) is 71.8 Å². The quantitative estimate of drug-likeness (QED) is 0.137. The minimum atomic E-state index is -2.73. The van der Waals surface area contributed by atoms with Gasteiger partial charge in [0.2, 0.25) is 0 Å². The molecule has 2 aromatic carbocycles. The standard InChI is InChI=1S/C44H61NO9Si/c1-25-29(23-44(51)26(2)36-42(8)24-52-31(42)22-30(46)43(36,9)37(48)34(47)32(25)41(44,6)7)53-39(50)35(54-55(10,11)40(3,4)5)33(27-18-14-12-15-19-27)45-38(49)28-20-16-13-17-21-28/h12-21,26,29-31,33-36,46-47,51H,22-24H2,1-11H3,(H,45,49)/t26-,29-,30-,31+,33-,34+,35+,36+,42+,43+,44+/m0/s1. The molecular weight excluding hydrogens is 715 g/mol. The highest BCUT2D eigenvalue weighted by molar-refractivity contribution is 6.74. The SMILES string of the molecule is CC1=C2[C@@H](O)C(=O)[C@@]3(C)[C@H]([C@H](C)[C@](O)(C[C@@H]1OC(=O)[C@H](O[Si](C)(C)C(C)(C)C)[C@@H](NC(=O)c1ccccc1)c1ccccc1)C2(C)C)[C@]1(C)CO[C@@H]1C[C@@H]3O. The Balaban J connectivity index is 1.45. The van der Waals surface area contributed by atoms with Gasteiger partial charge >= 0.3 is 5.97 Å². The van der Waals surface area contributed by atoms with Crippen molar-refractivity contribution in [2.45, 2.75) is 135 Å². The maximum absolute atomic E-state index is 15.0. The Hall–Kier alpha value is -3.19. The zero-order valence-electron chi connectivity index (χ0n) is 34.3. The monoisotopic (exact) mass is 775 g/mol. The molecule has 0 spiro atoms. The predicted molar refractivity (Wildman–Crippen MR) is 211 cm³/mol. The van der Waals surface area contributed by atoms with E-state index in [1.165, 1.54) is 0 Å². The van der Waals surface area contributed by atoms with E-state index in [2.05, 4.69) is 26.1 Å². The number of hydrogen-bond donors (Lipinski definition) is 4. The molecule has 3 aliphatic carbocycles. The van der Waals surface area contributed by atoms with Crippen LogP contribution in [0.5, 0.6) is 0 Å². The van der Waals surface area contributed by atoms with Crippen LogP contribution in [-0.2, 0) is 23.5 Å². The number of esters is 1. The van der Waals surface area contributed by atoms with Gasteiger partial charge in [0, 0.05) is 29.2 Å². The van der Waals surface area contributed by atoms with Crippen molar-refractivity contribution in [1.82, 2.24) is 5.32 Å². The van der Waals surface area contributed by atoms with Gasteiger partial charge in [0.05, 0.1) is 35.9 Å². The second-order valence-electron chi connectivity index (χ2n) is 19.2. The lowest BCUT2D eigenvalue weighted by molar-refractivity contribution is -0.302. The lowest BCUT2D eigenvalue weighted by Crippen LogP contribution is -2.75. The summed E-state index contributed by atoms with van der Waals surface area (Å²) in [5.74, 6) is -2.79. The van der Waals surface area contributed by atoms with Crippen LogP contribution in [0, 0.1) is 28.1 Å². The summed E-state index contributed by atoms with van der Waals surface area (Å²) in [5.41, 5.74) is -2.81. The first-order valence-electron chi connectivity index (χ1n) is 19.7. The Kier molecular flexibility index (Phi) is 10.6. The predicted octanol–water partition coefficient (Wildman–Crippen LogP) is 6.31. The molecule has 4 aliphatic rings. The smallest absolute Gasteiger partial charge is 0.337 e. The van der Waals surface area contributed by atoms with Gasteiger partial charge in [0.25, 0.3) is 5.91 Å². The maximum Gasteiger partial charge on any atom is 0.337 e. The number of carbonyl (C=O) groups is 3. The van der Waals surface area contributed by atoms with Gasteiger partial charge in [-0.15, -0.1) is 0 Å². The molecule has 2 saturated carbocycles. The van der Waals surface area contributed by atoms with Crippen LogP contribution in [-0.4, -0.2) is 84.0 Å². The lowest BCUT2D eigenvalue weighted by atomic mass is 9.40. The molecule has 10 nitrogen and oxygen atoms in total. The van der Waals surface area contributed by atoms with Gasteiger partial charge in [-0.1, -0.05) is 97.0 Å². The van der Waals surface area contributed by atoms with Gasteiger partial charge in [-0.05, 0) is 72.7 Å². The van der Waals surface area contributed by atoms with E-state index in [1.807, 2.05) is 77.2 Å². The third-order valence-electron chi connectivity index (χ3n) is 14.8. The minimum absolute atomic E-state index is 0.0212. The van der Waals surface area contributed by atoms with Crippen molar-refractivity contribution in [2.75, 3.05) is 6.61 Å². The van der Waals surface area contributed by atoms with Crippen LogP contribution in [0.4, 0.5) is 0 Å². The Bertz CT molecular complexity index is 1840. The molecular formula is C44H61NO9Si. The van der Waals surface area contributed by atoms with Gasteiger partial charge in [-0.25, -0.2) is 4.79 Å². The summed E-state index contributed by atoms with van der Waals surface area (Å²) in [6.07, 6.45) is -5.16. The van der Waals surface area contributed by atoms with E-state index < -0.39 is 84.2 Å². The van der Waals surface area contributed by atoms with Crippen LogP contribution in [0.1, 0.15) is 97.1 Å². The molecule has 11 heteroatoms. The van der Waals surface area contributed by atoms with Crippen LogP contribution < -0.4 is 5.32 Å². The molecule has 300 valence electrons. The Morgan fingerprint density at radius 3 is 2.11 bits per heavy atom. The molecule has 0 aromatic heterocycles. The van der Waals surface area contributed by atoms with Crippen molar-refractivity contribution in [3.8, 4) is 0 Å². The van der Waals surface area contributed by atoms with Crippen molar-refractivity contribution < 1.29 is 43.6 Å². The van der Waals surface area contributed by atoms with E-state index >= 15 is 0 Å². The number of fused-ring (bicyclic) bond motifs is 5. The molecule has 1 aliphatic heterocycles. The van der Waals surface area contributed by atoms with E-state index in [4.69, 9.17) is 13.9 Å². The molecule has 1 amide bonds. The van der Waals surface area contributed by atoms with Crippen LogP contribution in [0.25, 0.3) is 0 Å². The highest BCUT2D eigenvalue weighted by Gasteiger charge is 2.73. The summed E-state index contributed by atoms with van der Waals surface area (Å²) in [6, 6.07) is 17.0. The summed E-state index contributed by atoms with van der Waals surface area (Å²) in [4.78, 5) is 43.5. The van der Waals surface area contributed by atoms with Crippen molar-refractivity contribution in [3.05, 3.63) is 82.9 Å². The zero-order valence-corrected chi connectivity index (χ0v) is 35.3. The molecule has 3 fully saturated rings. The third kappa shape index (κ3) is 6.47. The molecule has 55 heavy (non-hydrogen) atoms. The van der Waals surface area contributed by atoms with Gasteiger partial charge < -0.3 is 34.5 Å². The van der Waals surface area contributed by atoms with Crippen molar-refractivity contribution >= 4 is 26.0 Å². The number of ketones is 1. The highest BCUT2D eigenvalue weighted by Crippen LogP contribution is 2.67. The van der Waals surface area contributed by atoms with Gasteiger partial charge in [0.15, 0.2) is 20.2 Å². The van der Waals surface area contributed by atoms with E-state index in [0.29, 0.717) is 28.9 Å². The first kappa shape index (κ1) is 41.4. The van der Waals surface area contributed by atoms with E-state index in [1.54, 1.807) is 38.1 Å². The fourth-order valence-corrected chi connectivity index (χ4v) is 11.6. The fourth-order valence-electron chi connectivity index (χ4n) is 10.3. The van der Waals surface area contributed by atoms with Crippen LogP contribution in [0.2, 0.25) is 18.1 Å². The Morgan fingerprint density at radius 2 is 1.56 bits per heavy atom. The third-order valence-corrected chi connectivity index (χ3v) is 19.2. The average molecular weight is 776 g/mol. The van der Waals surface area contributed by atoms with Gasteiger partial charge in [0.1, 0.15) is 12.2 Å². The van der Waals surface area contributed by atoms with Crippen molar-refractivity contribution in [3.63, 3.8) is 0 Å². The van der Waals surface area contributed by atoms with Crippen molar-refractivity contribution in [2.24, 2.45) is 28.1 Å². The Morgan fingerprint density at radius 1 is 0.982 bits per heavy atom. The van der Waals surface area contributed by atoms with Crippen LogP contribution >= 0.6 is 0 Å². The molecule has 2 bridgehead atoms. The number of rotatable bonds is 8. The van der Waals surface area contributed by atoms with E-state index in [9.17, 15) is 29.7 Å². The normalized spacial score (nSPS) is 35.6. The van der Waals surface area contributed by atoms with Crippen molar-refractivity contribution in [1.29, 1.82) is 0 Å². The summed E-state index contributed by atoms with van der Waals surface area (Å²) < 4.78 is 19.4. The first-order valence-corrected chi connectivity index (χ1v) is 22.6. The molecule has 4 N–H and O–H groups in total. The number of ether oxygens (including phenoxy) is 2. The molecule has 1 heterocycles. The second-order valence-corrected chi connectivity index (χ2v) is 23.9.